The van der Waals surface area contributed by atoms with Gasteiger partial charge in [0, 0.05) is 33.8 Å². The van der Waals surface area contributed by atoms with Crippen molar-refractivity contribution in [1.29, 1.82) is 0 Å². The first kappa shape index (κ1) is 21.8. The maximum Gasteiger partial charge on any atom is 0.162 e. The van der Waals surface area contributed by atoms with E-state index in [4.69, 9.17) is 0 Å². The second-order valence-electron chi connectivity index (χ2n) is 6.57. The molecule has 0 radical (unpaired) electrons. The Labute approximate surface area is 171 Å². The summed E-state index contributed by atoms with van der Waals surface area (Å²) in [4.78, 5) is 26.7. The van der Waals surface area contributed by atoms with E-state index in [1.165, 1.54) is 9.79 Å². The number of thioether (sulfide) groups is 2. The summed E-state index contributed by atoms with van der Waals surface area (Å²) in [5.41, 5.74) is 1.62. The molecule has 0 N–H and O–H groups in total. The molecule has 2 rings (SSSR count). The lowest BCUT2D eigenvalue weighted by Crippen LogP contribution is -1.99. The van der Waals surface area contributed by atoms with Crippen molar-refractivity contribution >= 4 is 35.1 Å². The van der Waals surface area contributed by atoms with Crippen LogP contribution in [0.2, 0.25) is 0 Å². The summed E-state index contributed by atoms with van der Waals surface area (Å²) in [6, 6.07) is 15.7. The first-order valence-corrected chi connectivity index (χ1v) is 11.9. The number of carbonyl (C=O) groups is 2. The van der Waals surface area contributed by atoms with Gasteiger partial charge < -0.3 is 0 Å². The minimum atomic E-state index is 0.228. The van der Waals surface area contributed by atoms with Crippen molar-refractivity contribution in [3.63, 3.8) is 0 Å². The van der Waals surface area contributed by atoms with Crippen molar-refractivity contribution in [3.8, 4) is 0 Å². The molecule has 2 aromatic rings. The Morgan fingerprint density at radius 3 is 1.26 bits per heavy atom. The Balaban J connectivity index is 1.57. The Morgan fingerprint density at radius 1 is 0.593 bits per heavy atom. The van der Waals surface area contributed by atoms with Gasteiger partial charge in [0.05, 0.1) is 0 Å². The molecular formula is C23H28O2S2. The third-order valence-electron chi connectivity index (χ3n) is 4.63. The molecule has 0 atom stereocenters. The van der Waals surface area contributed by atoms with E-state index in [2.05, 4.69) is 0 Å². The van der Waals surface area contributed by atoms with Crippen LogP contribution in [0.4, 0.5) is 0 Å². The van der Waals surface area contributed by atoms with Gasteiger partial charge in [-0.25, -0.2) is 0 Å². The summed E-state index contributed by atoms with van der Waals surface area (Å²) >= 11 is 3.37. The van der Waals surface area contributed by atoms with Gasteiger partial charge in [0.15, 0.2) is 11.6 Å². The Bertz CT molecular complexity index is 658. The van der Waals surface area contributed by atoms with Gasteiger partial charge in [-0.3, -0.25) is 9.59 Å². The van der Waals surface area contributed by atoms with Crippen molar-refractivity contribution in [3.05, 3.63) is 59.7 Å². The third-order valence-corrected chi connectivity index (χ3v) is 6.12. The molecule has 144 valence electrons. The summed E-state index contributed by atoms with van der Waals surface area (Å²) in [6.45, 7) is 0. The normalized spacial score (nSPS) is 10.7. The van der Waals surface area contributed by atoms with Crippen LogP contribution in [0.25, 0.3) is 0 Å². The third kappa shape index (κ3) is 7.55. The average molecular weight is 401 g/mol. The molecule has 0 amide bonds. The van der Waals surface area contributed by atoms with Crippen LogP contribution in [0.1, 0.15) is 65.7 Å². The molecule has 2 aromatic carbocycles. The molecule has 27 heavy (non-hydrogen) atoms. The lowest BCUT2D eigenvalue weighted by molar-refractivity contribution is 0.0973. The van der Waals surface area contributed by atoms with Gasteiger partial charge >= 0.3 is 0 Å². The van der Waals surface area contributed by atoms with E-state index in [1.807, 2.05) is 61.0 Å². The molecule has 0 heterocycles. The second-order valence-corrected chi connectivity index (χ2v) is 8.33. The fourth-order valence-electron chi connectivity index (χ4n) is 2.94. The molecule has 4 heteroatoms. The van der Waals surface area contributed by atoms with Crippen LogP contribution in [0, 0.1) is 0 Å². The molecule has 0 aliphatic carbocycles. The quantitative estimate of drug-likeness (QED) is 0.220. The van der Waals surface area contributed by atoms with Gasteiger partial charge in [0.2, 0.25) is 0 Å². The highest BCUT2D eigenvalue weighted by Gasteiger charge is 2.07. The topological polar surface area (TPSA) is 34.1 Å². The van der Waals surface area contributed by atoms with Crippen LogP contribution in [-0.4, -0.2) is 24.1 Å². The van der Waals surface area contributed by atoms with Gasteiger partial charge in [0.1, 0.15) is 0 Å². The van der Waals surface area contributed by atoms with E-state index in [0.717, 1.165) is 43.2 Å². The Hall–Kier alpha value is -1.52. The first-order chi connectivity index (χ1) is 13.1. The highest BCUT2D eigenvalue weighted by molar-refractivity contribution is 7.98. The van der Waals surface area contributed by atoms with Crippen molar-refractivity contribution in [2.24, 2.45) is 0 Å². The Morgan fingerprint density at radius 2 is 0.926 bits per heavy atom. The number of hydrogen-bond acceptors (Lipinski definition) is 4. The molecule has 0 aromatic heterocycles. The number of rotatable bonds is 12. The molecule has 0 spiro atoms. The predicted octanol–water partition coefficient (Wildman–Crippen LogP) is 6.93. The molecule has 0 saturated carbocycles. The van der Waals surface area contributed by atoms with Crippen LogP contribution >= 0.6 is 23.5 Å². The maximum absolute atomic E-state index is 12.2. The number of ketones is 2. The number of benzene rings is 2. The summed E-state index contributed by atoms with van der Waals surface area (Å²) in [7, 11) is 0. The smallest absolute Gasteiger partial charge is 0.162 e. The summed E-state index contributed by atoms with van der Waals surface area (Å²) in [6.07, 6.45) is 10.3. The largest absolute Gasteiger partial charge is 0.294 e. The van der Waals surface area contributed by atoms with Crippen LogP contribution in [0.5, 0.6) is 0 Å². The molecule has 0 unspecified atom stereocenters. The van der Waals surface area contributed by atoms with Gasteiger partial charge in [-0.15, -0.1) is 23.5 Å². The zero-order valence-electron chi connectivity index (χ0n) is 16.2. The number of carbonyl (C=O) groups excluding carboxylic acids is 2. The summed E-state index contributed by atoms with van der Waals surface area (Å²) in [5.74, 6) is 0.457. The van der Waals surface area contributed by atoms with Crippen molar-refractivity contribution in [2.45, 2.75) is 54.7 Å². The van der Waals surface area contributed by atoms with Gasteiger partial charge in [-0.05, 0) is 49.6 Å². The van der Waals surface area contributed by atoms with Gasteiger partial charge in [-0.2, -0.15) is 0 Å². The highest BCUT2D eigenvalue weighted by Crippen LogP contribution is 2.18. The predicted molar refractivity (Wildman–Crippen MR) is 117 cm³/mol. The van der Waals surface area contributed by atoms with E-state index in [-0.39, 0.29) is 11.6 Å². The van der Waals surface area contributed by atoms with Gasteiger partial charge in [0.25, 0.3) is 0 Å². The average Bonchev–Trinajstić information content (AvgIpc) is 2.72. The monoisotopic (exact) mass is 400 g/mol. The molecule has 2 nitrogen and oxygen atoms in total. The zero-order valence-corrected chi connectivity index (χ0v) is 17.8. The van der Waals surface area contributed by atoms with Crippen molar-refractivity contribution in [2.75, 3.05) is 12.5 Å². The maximum atomic E-state index is 12.2. The minimum Gasteiger partial charge on any atom is -0.294 e. The van der Waals surface area contributed by atoms with E-state index >= 15 is 0 Å². The molecule has 0 aliphatic heterocycles. The minimum absolute atomic E-state index is 0.228. The number of hydrogen-bond donors (Lipinski definition) is 0. The lowest BCUT2D eigenvalue weighted by atomic mass is 10.0. The standard InChI is InChI=1S/C23H28O2S2/c1-26-20-14-10-18(11-15-20)22(24)8-6-4-3-5-7-9-23(25)19-12-16-21(27-2)17-13-19/h10-17H,3-9H2,1-2H3. The molecule has 0 saturated heterocycles. The van der Waals surface area contributed by atoms with Crippen molar-refractivity contribution < 1.29 is 9.59 Å². The van der Waals surface area contributed by atoms with Gasteiger partial charge in [-0.1, -0.05) is 43.5 Å². The van der Waals surface area contributed by atoms with E-state index in [9.17, 15) is 9.59 Å². The fraction of sp³-hybridized carbons (Fsp3) is 0.391. The molecule has 0 fully saturated rings. The number of unbranched alkanes of at least 4 members (excludes halogenated alkanes) is 4. The molecule has 0 bridgehead atoms. The van der Waals surface area contributed by atoms with E-state index < -0.39 is 0 Å². The van der Waals surface area contributed by atoms with Crippen molar-refractivity contribution in [1.82, 2.24) is 0 Å². The molecular weight excluding hydrogens is 372 g/mol. The summed E-state index contributed by atoms with van der Waals surface area (Å²) < 4.78 is 0. The van der Waals surface area contributed by atoms with Crippen LogP contribution < -0.4 is 0 Å². The first-order valence-electron chi connectivity index (χ1n) is 9.48. The van der Waals surface area contributed by atoms with Crippen LogP contribution in [0.15, 0.2) is 58.3 Å². The fourth-order valence-corrected chi connectivity index (χ4v) is 3.76. The zero-order chi connectivity index (χ0) is 19.5. The molecule has 0 aliphatic rings. The van der Waals surface area contributed by atoms with E-state index in [1.54, 1.807) is 23.5 Å². The van der Waals surface area contributed by atoms with E-state index in [0.29, 0.717) is 12.8 Å². The van der Waals surface area contributed by atoms with Crippen LogP contribution in [0.3, 0.4) is 0 Å². The second kappa shape index (κ2) is 12.0. The van der Waals surface area contributed by atoms with Crippen LogP contribution in [-0.2, 0) is 0 Å². The summed E-state index contributed by atoms with van der Waals surface area (Å²) in [5, 5.41) is 0. The highest BCUT2D eigenvalue weighted by atomic mass is 32.2. The lowest BCUT2D eigenvalue weighted by Gasteiger charge is -2.04. The number of Topliss-reactive ketones (excluding diaryl/α,β-unsaturated/α-hetero) is 2. The SMILES string of the molecule is CSc1ccc(C(=O)CCCCCCCC(=O)c2ccc(SC)cc2)cc1. The Kier molecular flexibility index (Phi) is 9.71.